The van der Waals surface area contributed by atoms with Gasteiger partial charge in [0.05, 0.1) is 7.11 Å². The number of hydrogen-bond donors (Lipinski definition) is 0. The highest BCUT2D eigenvalue weighted by atomic mass is 35.5. The van der Waals surface area contributed by atoms with E-state index in [1.54, 1.807) is 7.05 Å². The molecule has 0 saturated heterocycles. The molecule has 0 aliphatic rings. The zero-order valence-corrected chi connectivity index (χ0v) is 10.8. The Balaban J connectivity index is 2.96. The highest BCUT2D eigenvalue weighted by molar-refractivity contribution is 6.18. The largest absolute Gasteiger partial charge is 0.494 e. The van der Waals surface area contributed by atoms with Crippen LogP contribution in [0.15, 0.2) is 18.2 Å². The fourth-order valence-electron chi connectivity index (χ4n) is 1.30. The molecule has 1 rings (SSSR count). The third-order valence-corrected chi connectivity index (χ3v) is 3.05. The van der Waals surface area contributed by atoms with Crippen molar-refractivity contribution in [3.05, 3.63) is 29.6 Å². The highest BCUT2D eigenvalue weighted by Crippen LogP contribution is 2.19. The van der Waals surface area contributed by atoms with Crippen molar-refractivity contribution in [2.45, 2.75) is 13.0 Å². The van der Waals surface area contributed by atoms with Gasteiger partial charge in [-0.2, -0.15) is 0 Å². The maximum atomic E-state index is 13.2. The van der Waals surface area contributed by atoms with E-state index in [4.69, 9.17) is 16.3 Å². The Bertz CT molecular complexity index is 411. The number of nitrogens with zero attached hydrogens (tertiary/aromatic N) is 1. The van der Waals surface area contributed by atoms with Crippen LogP contribution >= 0.6 is 11.6 Å². The molecule has 0 bridgehead atoms. The maximum absolute atomic E-state index is 13.2. The Labute approximate surface area is 105 Å². The van der Waals surface area contributed by atoms with Crippen molar-refractivity contribution in [3.8, 4) is 5.75 Å². The Kier molecular flexibility index (Phi) is 4.75. The summed E-state index contributed by atoms with van der Waals surface area (Å²) < 4.78 is 18.0. The number of ether oxygens (including phenoxy) is 1. The van der Waals surface area contributed by atoms with Gasteiger partial charge in [0, 0.05) is 24.5 Å². The van der Waals surface area contributed by atoms with Crippen molar-refractivity contribution in [2.75, 3.05) is 20.0 Å². The van der Waals surface area contributed by atoms with Crippen LogP contribution in [-0.2, 0) is 0 Å². The fraction of sp³-hybridized carbons (Fsp3) is 0.417. The summed E-state index contributed by atoms with van der Waals surface area (Å²) in [6, 6.07) is 3.94. The van der Waals surface area contributed by atoms with Gasteiger partial charge in [-0.05, 0) is 25.1 Å². The van der Waals surface area contributed by atoms with E-state index >= 15 is 0 Å². The van der Waals surface area contributed by atoms with Crippen LogP contribution in [-0.4, -0.2) is 36.9 Å². The summed E-state index contributed by atoms with van der Waals surface area (Å²) in [5.41, 5.74) is 0.378. The van der Waals surface area contributed by atoms with Gasteiger partial charge in [0.1, 0.15) is 0 Å². The molecule has 0 aromatic heterocycles. The summed E-state index contributed by atoms with van der Waals surface area (Å²) in [5.74, 6) is -0.295. The van der Waals surface area contributed by atoms with Crippen molar-refractivity contribution in [2.24, 2.45) is 0 Å². The SMILES string of the molecule is COc1cc(C(=O)N(C)C(C)CCl)ccc1F. The van der Waals surface area contributed by atoms with Crippen LogP contribution in [0.3, 0.4) is 0 Å². The van der Waals surface area contributed by atoms with Crippen LogP contribution in [0.25, 0.3) is 0 Å². The van der Waals surface area contributed by atoms with E-state index in [0.717, 1.165) is 0 Å². The first-order chi connectivity index (χ1) is 8.01. The number of carbonyl (C=O) groups excluding carboxylic acids is 1. The average Bonchev–Trinajstić information content (AvgIpc) is 2.36. The molecular weight excluding hydrogens is 245 g/mol. The molecule has 0 fully saturated rings. The average molecular weight is 260 g/mol. The molecule has 1 amide bonds. The van der Waals surface area contributed by atoms with Crippen LogP contribution in [0.5, 0.6) is 5.75 Å². The first-order valence-corrected chi connectivity index (χ1v) is 5.71. The van der Waals surface area contributed by atoms with Crippen LogP contribution in [0, 0.1) is 5.82 Å². The first-order valence-electron chi connectivity index (χ1n) is 5.18. The molecule has 1 aromatic rings. The number of alkyl halides is 1. The van der Waals surface area contributed by atoms with Gasteiger partial charge in [0.15, 0.2) is 11.6 Å². The van der Waals surface area contributed by atoms with Crippen LogP contribution in [0.4, 0.5) is 4.39 Å². The molecule has 0 spiro atoms. The van der Waals surface area contributed by atoms with Crippen molar-refractivity contribution >= 4 is 17.5 Å². The predicted octanol–water partition coefficient (Wildman–Crippen LogP) is 2.53. The summed E-state index contributed by atoms with van der Waals surface area (Å²) in [5, 5.41) is 0. The molecular formula is C12H15ClFNO2. The lowest BCUT2D eigenvalue weighted by Gasteiger charge is -2.23. The molecule has 17 heavy (non-hydrogen) atoms. The monoisotopic (exact) mass is 259 g/mol. The van der Waals surface area contributed by atoms with Crippen LogP contribution in [0.2, 0.25) is 0 Å². The minimum Gasteiger partial charge on any atom is -0.494 e. The molecule has 1 aromatic carbocycles. The first kappa shape index (κ1) is 13.8. The van der Waals surface area contributed by atoms with Crippen molar-refractivity contribution in [1.82, 2.24) is 4.90 Å². The van der Waals surface area contributed by atoms with E-state index in [9.17, 15) is 9.18 Å². The van der Waals surface area contributed by atoms with Gasteiger partial charge in [0.2, 0.25) is 0 Å². The maximum Gasteiger partial charge on any atom is 0.254 e. The second-order valence-corrected chi connectivity index (χ2v) is 4.08. The second kappa shape index (κ2) is 5.87. The van der Waals surface area contributed by atoms with Crippen LogP contribution in [0.1, 0.15) is 17.3 Å². The molecule has 5 heteroatoms. The quantitative estimate of drug-likeness (QED) is 0.778. The standard InChI is InChI=1S/C12H15ClFNO2/c1-8(7-13)15(2)12(16)9-4-5-10(14)11(6-9)17-3/h4-6,8H,7H2,1-3H3. The number of amides is 1. The number of methoxy groups -OCH3 is 1. The smallest absolute Gasteiger partial charge is 0.254 e. The Morgan fingerprint density at radius 3 is 2.76 bits per heavy atom. The molecule has 0 saturated carbocycles. The van der Waals surface area contributed by atoms with E-state index in [1.807, 2.05) is 6.92 Å². The van der Waals surface area contributed by atoms with Gasteiger partial charge in [-0.25, -0.2) is 4.39 Å². The molecule has 0 aliphatic heterocycles. The molecule has 3 nitrogen and oxygen atoms in total. The minimum absolute atomic E-state index is 0.0581. The van der Waals surface area contributed by atoms with Gasteiger partial charge in [-0.3, -0.25) is 4.79 Å². The van der Waals surface area contributed by atoms with Gasteiger partial charge in [-0.1, -0.05) is 0 Å². The van der Waals surface area contributed by atoms with E-state index in [1.165, 1.54) is 30.2 Å². The Morgan fingerprint density at radius 1 is 1.59 bits per heavy atom. The second-order valence-electron chi connectivity index (χ2n) is 3.77. The van der Waals surface area contributed by atoms with Gasteiger partial charge >= 0.3 is 0 Å². The summed E-state index contributed by atoms with van der Waals surface area (Å²) in [6.45, 7) is 1.84. The number of halogens is 2. The summed E-state index contributed by atoms with van der Waals surface area (Å²) in [4.78, 5) is 13.5. The van der Waals surface area contributed by atoms with E-state index in [2.05, 4.69) is 0 Å². The van der Waals surface area contributed by atoms with Gasteiger partial charge in [0.25, 0.3) is 5.91 Å². The number of hydrogen-bond acceptors (Lipinski definition) is 2. The third kappa shape index (κ3) is 3.09. The van der Waals surface area contributed by atoms with Crippen LogP contribution < -0.4 is 4.74 Å². The molecule has 0 heterocycles. The topological polar surface area (TPSA) is 29.5 Å². The van der Waals surface area contributed by atoms with Gasteiger partial charge in [-0.15, -0.1) is 11.6 Å². The Morgan fingerprint density at radius 2 is 2.24 bits per heavy atom. The Hall–Kier alpha value is -1.29. The lowest BCUT2D eigenvalue weighted by molar-refractivity contribution is 0.0756. The number of rotatable bonds is 4. The molecule has 1 atom stereocenters. The van der Waals surface area contributed by atoms with Crippen molar-refractivity contribution in [3.63, 3.8) is 0 Å². The van der Waals surface area contributed by atoms with E-state index in [0.29, 0.717) is 11.4 Å². The molecule has 94 valence electrons. The van der Waals surface area contributed by atoms with E-state index in [-0.39, 0.29) is 17.7 Å². The lowest BCUT2D eigenvalue weighted by Crippen LogP contribution is -2.36. The zero-order chi connectivity index (χ0) is 13.0. The molecule has 1 unspecified atom stereocenters. The van der Waals surface area contributed by atoms with Crippen molar-refractivity contribution < 1.29 is 13.9 Å². The van der Waals surface area contributed by atoms with Crippen molar-refractivity contribution in [1.29, 1.82) is 0 Å². The summed E-state index contributed by atoms with van der Waals surface area (Å²) in [7, 11) is 3.02. The normalized spacial score (nSPS) is 12.1. The summed E-state index contributed by atoms with van der Waals surface area (Å²) >= 11 is 5.68. The summed E-state index contributed by atoms with van der Waals surface area (Å²) in [6.07, 6.45) is 0. The minimum atomic E-state index is -0.489. The van der Waals surface area contributed by atoms with Gasteiger partial charge < -0.3 is 9.64 Å². The predicted molar refractivity (Wildman–Crippen MR) is 65.2 cm³/mol. The lowest BCUT2D eigenvalue weighted by atomic mass is 10.1. The molecule has 0 radical (unpaired) electrons. The third-order valence-electron chi connectivity index (χ3n) is 2.60. The highest BCUT2D eigenvalue weighted by Gasteiger charge is 2.18. The number of benzene rings is 1. The fourth-order valence-corrected chi connectivity index (χ4v) is 1.51. The van der Waals surface area contributed by atoms with E-state index < -0.39 is 5.82 Å². The molecule has 0 aliphatic carbocycles. The zero-order valence-electron chi connectivity index (χ0n) is 10.0. The number of carbonyl (C=O) groups is 1. The molecule has 0 N–H and O–H groups in total.